The Hall–Kier alpha value is -2.57. The standard InChI is InChI=1S/C21H31N3O4/c1-15-7-5-6-8-17(15)19(26)24-11-9-16(10-12-24)13-22-18(25)14-23-20(27)28-21(2,3)4/h5-8,16H,9-14H2,1-4H3,(H,22,25)(H,23,27). The highest BCUT2D eigenvalue weighted by Crippen LogP contribution is 2.19. The van der Waals surface area contributed by atoms with E-state index in [2.05, 4.69) is 10.6 Å². The van der Waals surface area contributed by atoms with E-state index in [0.717, 1.165) is 24.0 Å². The number of carbonyl (C=O) groups is 3. The molecule has 1 fully saturated rings. The smallest absolute Gasteiger partial charge is 0.408 e. The van der Waals surface area contributed by atoms with E-state index in [1.807, 2.05) is 36.1 Å². The molecule has 7 nitrogen and oxygen atoms in total. The van der Waals surface area contributed by atoms with Gasteiger partial charge in [-0.1, -0.05) is 18.2 Å². The molecule has 28 heavy (non-hydrogen) atoms. The van der Waals surface area contributed by atoms with E-state index < -0.39 is 11.7 Å². The summed E-state index contributed by atoms with van der Waals surface area (Å²) in [5.41, 5.74) is 1.14. The Kier molecular flexibility index (Phi) is 7.43. The molecule has 0 atom stereocenters. The largest absolute Gasteiger partial charge is 0.444 e. The fourth-order valence-electron chi connectivity index (χ4n) is 3.11. The lowest BCUT2D eigenvalue weighted by atomic mass is 9.96. The summed E-state index contributed by atoms with van der Waals surface area (Å²) in [6.07, 6.45) is 1.08. The second-order valence-electron chi connectivity index (χ2n) is 8.21. The zero-order valence-electron chi connectivity index (χ0n) is 17.2. The van der Waals surface area contributed by atoms with Crippen molar-refractivity contribution < 1.29 is 19.1 Å². The fourth-order valence-corrected chi connectivity index (χ4v) is 3.11. The number of benzene rings is 1. The Morgan fingerprint density at radius 3 is 2.36 bits per heavy atom. The van der Waals surface area contributed by atoms with Crippen LogP contribution in [0.3, 0.4) is 0 Å². The van der Waals surface area contributed by atoms with Crippen LogP contribution in [0.5, 0.6) is 0 Å². The number of piperidine rings is 1. The number of ether oxygens (including phenoxy) is 1. The molecule has 7 heteroatoms. The first-order valence-electron chi connectivity index (χ1n) is 9.74. The molecule has 1 heterocycles. The topological polar surface area (TPSA) is 87.7 Å². The second kappa shape index (κ2) is 9.57. The Bertz CT molecular complexity index is 704. The minimum absolute atomic E-state index is 0.0714. The Morgan fingerprint density at radius 1 is 1.11 bits per heavy atom. The zero-order valence-corrected chi connectivity index (χ0v) is 17.2. The molecule has 1 aromatic rings. The molecule has 0 radical (unpaired) electrons. The Morgan fingerprint density at radius 2 is 1.75 bits per heavy atom. The lowest BCUT2D eigenvalue weighted by Crippen LogP contribution is -2.44. The van der Waals surface area contributed by atoms with Gasteiger partial charge in [0.2, 0.25) is 5.91 Å². The van der Waals surface area contributed by atoms with Crippen LogP contribution in [0.4, 0.5) is 4.79 Å². The molecular weight excluding hydrogens is 358 g/mol. The molecule has 1 aliphatic heterocycles. The average Bonchev–Trinajstić information content (AvgIpc) is 2.63. The summed E-state index contributed by atoms with van der Waals surface area (Å²) >= 11 is 0. The number of rotatable bonds is 5. The summed E-state index contributed by atoms with van der Waals surface area (Å²) in [6.45, 7) is 9.05. The van der Waals surface area contributed by atoms with Crippen molar-refractivity contribution in [3.05, 3.63) is 35.4 Å². The van der Waals surface area contributed by atoms with Gasteiger partial charge >= 0.3 is 6.09 Å². The van der Waals surface area contributed by atoms with E-state index in [0.29, 0.717) is 25.6 Å². The number of carbonyl (C=O) groups excluding carboxylic acids is 3. The number of alkyl carbamates (subject to hydrolysis) is 1. The van der Waals surface area contributed by atoms with E-state index in [4.69, 9.17) is 4.74 Å². The maximum atomic E-state index is 12.6. The highest BCUT2D eigenvalue weighted by molar-refractivity contribution is 5.95. The van der Waals surface area contributed by atoms with Crippen molar-refractivity contribution in [1.82, 2.24) is 15.5 Å². The molecular formula is C21H31N3O4. The molecule has 2 N–H and O–H groups in total. The summed E-state index contributed by atoms with van der Waals surface area (Å²) in [7, 11) is 0. The number of hydrogen-bond donors (Lipinski definition) is 2. The predicted octanol–water partition coefficient (Wildman–Crippen LogP) is 2.49. The maximum absolute atomic E-state index is 12.6. The Balaban J connectivity index is 1.68. The normalized spacial score (nSPS) is 15.1. The average molecular weight is 389 g/mol. The molecule has 154 valence electrons. The SMILES string of the molecule is Cc1ccccc1C(=O)N1CCC(CNC(=O)CNC(=O)OC(C)(C)C)CC1. The van der Waals surface area contributed by atoms with Gasteiger partial charge in [0.15, 0.2) is 0 Å². The van der Waals surface area contributed by atoms with E-state index in [-0.39, 0.29) is 18.4 Å². The summed E-state index contributed by atoms with van der Waals surface area (Å²) in [5.74, 6) is 0.151. The van der Waals surface area contributed by atoms with Crippen LogP contribution in [-0.4, -0.2) is 54.6 Å². The van der Waals surface area contributed by atoms with Crippen LogP contribution in [-0.2, 0) is 9.53 Å². The van der Waals surface area contributed by atoms with Crippen LogP contribution < -0.4 is 10.6 Å². The van der Waals surface area contributed by atoms with Crippen molar-refractivity contribution in [3.8, 4) is 0 Å². The minimum atomic E-state index is -0.606. The zero-order chi connectivity index (χ0) is 20.7. The Labute approximate surface area is 166 Å². The number of nitrogens with zero attached hydrogens (tertiary/aromatic N) is 1. The fraction of sp³-hybridized carbons (Fsp3) is 0.571. The molecule has 0 aromatic heterocycles. The van der Waals surface area contributed by atoms with E-state index in [1.54, 1.807) is 20.8 Å². The lowest BCUT2D eigenvalue weighted by molar-refractivity contribution is -0.120. The van der Waals surface area contributed by atoms with Gasteiger partial charge in [0.25, 0.3) is 5.91 Å². The van der Waals surface area contributed by atoms with E-state index >= 15 is 0 Å². The molecule has 0 bridgehead atoms. The molecule has 2 rings (SSSR count). The predicted molar refractivity (Wildman–Crippen MR) is 107 cm³/mol. The molecule has 3 amide bonds. The molecule has 1 aromatic carbocycles. The van der Waals surface area contributed by atoms with Gasteiger partial charge in [0.05, 0.1) is 6.54 Å². The first kappa shape index (κ1) is 21.7. The first-order valence-corrected chi connectivity index (χ1v) is 9.74. The number of hydrogen-bond acceptors (Lipinski definition) is 4. The van der Waals surface area contributed by atoms with Crippen molar-refractivity contribution >= 4 is 17.9 Å². The third-order valence-electron chi connectivity index (χ3n) is 4.66. The van der Waals surface area contributed by atoms with Crippen LogP contribution in [0.25, 0.3) is 0 Å². The number of likely N-dealkylation sites (tertiary alicyclic amines) is 1. The summed E-state index contributed by atoms with van der Waals surface area (Å²) in [4.78, 5) is 38.0. The maximum Gasteiger partial charge on any atom is 0.408 e. The summed E-state index contributed by atoms with van der Waals surface area (Å²) in [6, 6.07) is 7.62. The molecule has 1 aliphatic rings. The van der Waals surface area contributed by atoms with Crippen molar-refractivity contribution in [2.24, 2.45) is 5.92 Å². The lowest BCUT2D eigenvalue weighted by Gasteiger charge is -2.32. The van der Waals surface area contributed by atoms with Gasteiger partial charge in [0.1, 0.15) is 5.60 Å². The molecule has 0 spiro atoms. The summed E-state index contributed by atoms with van der Waals surface area (Å²) < 4.78 is 5.09. The van der Waals surface area contributed by atoms with Gasteiger partial charge in [-0.25, -0.2) is 4.79 Å². The van der Waals surface area contributed by atoms with E-state index in [9.17, 15) is 14.4 Å². The quantitative estimate of drug-likeness (QED) is 0.810. The van der Waals surface area contributed by atoms with Gasteiger partial charge in [-0.05, 0) is 58.1 Å². The van der Waals surface area contributed by atoms with Gasteiger partial charge in [0, 0.05) is 25.2 Å². The van der Waals surface area contributed by atoms with Crippen LogP contribution in [0.1, 0.15) is 49.5 Å². The highest BCUT2D eigenvalue weighted by atomic mass is 16.6. The number of nitrogens with one attached hydrogen (secondary N) is 2. The van der Waals surface area contributed by atoms with Crippen molar-refractivity contribution in [1.29, 1.82) is 0 Å². The van der Waals surface area contributed by atoms with Crippen molar-refractivity contribution in [2.45, 2.75) is 46.1 Å². The van der Waals surface area contributed by atoms with Gasteiger partial charge in [-0.2, -0.15) is 0 Å². The minimum Gasteiger partial charge on any atom is -0.444 e. The third kappa shape index (κ3) is 6.87. The van der Waals surface area contributed by atoms with Crippen LogP contribution in [0.15, 0.2) is 24.3 Å². The van der Waals surface area contributed by atoms with Crippen molar-refractivity contribution in [3.63, 3.8) is 0 Å². The monoisotopic (exact) mass is 389 g/mol. The van der Waals surface area contributed by atoms with E-state index in [1.165, 1.54) is 0 Å². The molecule has 0 saturated carbocycles. The summed E-state index contributed by atoms with van der Waals surface area (Å²) in [5, 5.41) is 5.29. The van der Waals surface area contributed by atoms with Gasteiger partial charge in [-0.3, -0.25) is 9.59 Å². The van der Waals surface area contributed by atoms with Gasteiger partial charge < -0.3 is 20.3 Å². The van der Waals surface area contributed by atoms with Crippen molar-refractivity contribution in [2.75, 3.05) is 26.2 Å². The molecule has 0 unspecified atom stereocenters. The number of aryl methyl sites for hydroxylation is 1. The first-order chi connectivity index (χ1) is 13.2. The highest BCUT2D eigenvalue weighted by Gasteiger charge is 2.24. The molecule has 0 aliphatic carbocycles. The van der Waals surface area contributed by atoms with Gasteiger partial charge in [-0.15, -0.1) is 0 Å². The van der Waals surface area contributed by atoms with Crippen LogP contribution in [0.2, 0.25) is 0 Å². The number of amides is 3. The van der Waals surface area contributed by atoms with Crippen LogP contribution >= 0.6 is 0 Å². The van der Waals surface area contributed by atoms with Crippen LogP contribution in [0, 0.1) is 12.8 Å². The second-order valence-corrected chi connectivity index (χ2v) is 8.21. The molecule has 1 saturated heterocycles. The third-order valence-corrected chi connectivity index (χ3v) is 4.66.